The number of hydrogen-bond acceptors (Lipinski definition) is 8. The van der Waals surface area contributed by atoms with Crippen LogP contribution in [0, 0.1) is 6.92 Å². The van der Waals surface area contributed by atoms with E-state index in [2.05, 4.69) is 25.7 Å². The van der Waals surface area contributed by atoms with Gasteiger partial charge in [-0.25, -0.2) is 0 Å². The number of rotatable bonds is 8. The smallest absolute Gasteiger partial charge is 0.296 e. The molecule has 0 saturated carbocycles. The molecule has 0 aliphatic rings. The van der Waals surface area contributed by atoms with Gasteiger partial charge in [0.25, 0.3) is 5.89 Å². The summed E-state index contributed by atoms with van der Waals surface area (Å²) < 4.78 is 12.6. The number of carbonyl (C=O) groups excluding carboxylic acids is 1. The maximum absolute atomic E-state index is 12.4. The lowest BCUT2D eigenvalue weighted by atomic mass is 10.1. The minimum Gasteiger partial charge on any atom is -0.492 e. The van der Waals surface area contributed by atoms with Crippen molar-refractivity contribution in [1.82, 2.24) is 24.9 Å². The first-order chi connectivity index (χ1) is 15.5. The first kappa shape index (κ1) is 21.6. The zero-order chi connectivity index (χ0) is 22.5. The van der Waals surface area contributed by atoms with Gasteiger partial charge in [-0.15, -0.1) is 10.2 Å². The normalized spacial score (nSPS) is 10.8. The van der Waals surface area contributed by atoms with E-state index in [-0.39, 0.29) is 17.6 Å². The van der Waals surface area contributed by atoms with Gasteiger partial charge >= 0.3 is 0 Å². The number of nitrogens with zero attached hydrogens (tertiary/aromatic N) is 5. The number of anilines is 1. The van der Waals surface area contributed by atoms with Crippen LogP contribution < -0.4 is 10.1 Å². The van der Waals surface area contributed by atoms with E-state index in [0.717, 1.165) is 11.1 Å². The van der Waals surface area contributed by atoms with Gasteiger partial charge in [0.05, 0.1) is 18.0 Å². The van der Waals surface area contributed by atoms with E-state index in [1.54, 1.807) is 17.7 Å². The van der Waals surface area contributed by atoms with Gasteiger partial charge in [0, 0.05) is 12.6 Å². The van der Waals surface area contributed by atoms with Gasteiger partial charge in [-0.05, 0) is 26.0 Å². The van der Waals surface area contributed by atoms with Crippen molar-refractivity contribution >= 4 is 23.4 Å². The summed E-state index contributed by atoms with van der Waals surface area (Å²) in [5, 5.41) is 15.8. The van der Waals surface area contributed by atoms with Crippen molar-refractivity contribution in [2.45, 2.75) is 19.0 Å². The Kier molecular flexibility index (Phi) is 6.50. The van der Waals surface area contributed by atoms with Crippen LogP contribution in [0.25, 0.3) is 23.1 Å². The maximum Gasteiger partial charge on any atom is 0.296 e. The Morgan fingerprint density at radius 2 is 1.94 bits per heavy atom. The third kappa shape index (κ3) is 4.80. The van der Waals surface area contributed by atoms with E-state index in [1.165, 1.54) is 11.8 Å². The fourth-order valence-corrected chi connectivity index (χ4v) is 3.64. The summed E-state index contributed by atoms with van der Waals surface area (Å²) in [4.78, 5) is 16.9. The molecule has 1 N–H and O–H groups in total. The lowest BCUT2D eigenvalue weighted by molar-refractivity contribution is -0.113. The Labute approximate surface area is 189 Å². The van der Waals surface area contributed by atoms with E-state index < -0.39 is 0 Å². The Balaban J connectivity index is 1.41. The van der Waals surface area contributed by atoms with Crippen molar-refractivity contribution in [3.63, 3.8) is 0 Å². The van der Waals surface area contributed by atoms with Gasteiger partial charge in [0.1, 0.15) is 5.75 Å². The lowest BCUT2D eigenvalue weighted by Crippen LogP contribution is -2.15. The van der Waals surface area contributed by atoms with E-state index in [1.807, 2.05) is 56.3 Å². The molecule has 4 rings (SSSR count). The molecule has 0 fully saturated rings. The zero-order valence-corrected chi connectivity index (χ0v) is 18.7. The quantitative estimate of drug-likeness (QED) is 0.402. The standard InChI is InChI=1S/C22H22N6O3S/c1-4-30-17-8-6-5-7-16(17)23-18(29)13-32-22-26-25-20(28(22)3)21-24-19(27-31-21)15-11-9-14(2)10-12-15/h5-12H,4,13H2,1-3H3,(H,23,29). The average molecular weight is 451 g/mol. The summed E-state index contributed by atoms with van der Waals surface area (Å²) >= 11 is 1.26. The van der Waals surface area contributed by atoms with E-state index in [0.29, 0.717) is 34.8 Å². The first-order valence-electron chi connectivity index (χ1n) is 10.00. The minimum atomic E-state index is -0.175. The molecule has 0 bridgehead atoms. The number of nitrogens with one attached hydrogen (secondary N) is 1. The largest absolute Gasteiger partial charge is 0.492 e. The number of ether oxygens (including phenoxy) is 1. The summed E-state index contributed by atoms with van der Waals surface area (Å²) in [5.74, 6) is 1.79. The number of benzene rings is 2. The van der Waals surface area contributed by atoms with Gasteiger partial charge in [0.2, 0.25) is 17.6 Å². The van der Waals surface area contributed by atoms with Gasteiger partial charge in [-0.3, -0.25) is 4.79 Å². The van der Waals surface area contributed by atoms with Crippen molar-refractivity contribution in [2.24, 2.45) is 7.05 Å². The van der Waals surface area contributed by atoms with Crippen molar-refractivity contribution < 1.29 is 14.1 Å². The Bertz CT molecular complexity index is 1220. The van der Waals surface area contributed by atoms with Crippen LogP contribution in [-0.4, -0.2) is 43.2 Å². The Hall–Kier alpha value is -3.66. The van der Waals surface area contributed by atoms with Crippen LogP contribution in [0.4, 0.5) is 5.69 Å². The van der Waals surface area contributed by atoms with Gasteiger partial charge < -0.3 is 19.1 Å². The highest BCUT2D eigenvalue weighted by Crippen LogP contribution is 2.26. The van der Waals surface area contributed by atoms with Gasteiger partial charge in [-0.2, -0.15) is 4.98 Å². The number of amides is 1. The highest BCUT2D eigenvalue weighted by molar-refractivity contribution is 7.99. The number of para-hydroxylation sites is 2. The second-order valence-corrected chi connectivity index (χ2v) is 7.86. The van der Waals surface area contributed by atoms with E-state index in [4.69, 9.17) is 9.26 Å². The monoisotopic (exact) mass is 450 g/mol. The molecule has 2 aromatic carbocycles. The summed E-state index contributed by atoms with van der Waals surface area (Å²) in [6.45, 7) is 4.43. The highest BCUT2D eigenvalue weighted by Gasteiger charge is 2.19. The molecule has 2 aromatic heterocycles. The number of aromatic nitrogens is 5. The second-order valence-electron chi connectivity index (χ2n) is 6.92. The lowest BCUT2D eigenvalue weighted by Gasteiger charge is -2.10. The molecule has 0 radical (unpaired) electrons. The zero-order valence-electron chi connectivity index (χ0n) is 17.9. The van der Waals surface area contributed by atoms with Crippen LogP contribution in [0.2, 0.25) is 0 Å². The van der Waals surface area contributed by atoms with Crippen molar-refractivity contribution in [3.8, 4) is 28.9 Å². The SMILES string of the molecule is CCOc1ccccc1NC(=O)CSc1nnc(-c2nc(-c3ccc(C)cc3)no2)n1C. The van der Waals surface area contributed by atoms with Crippen molar-refractivity contribution in [3.05, 3.63) is 54.1 Å². The molecular weight excluding hydrogens is 428 g/mol. The Morgan fingerprint density at radius 3 is 2.72 bits per heavy atom. The molecule has 10 heteroatoms. The summed E-state index contributed by atoms with van der Waals surface area (Å²) in [6.07, 6.45) is 0. The molecule has 0 unspecified atom stereocenters. The molecule has 0 aliphatic heterocycles. The fourth-order valence-electron chi connectivity index (χ4n) is 2.93. The minimum absolute atomic E-state index is 0.158. The molecule has 1 amide bonds. The molecule has 4 aromatic rings. The molecule has 164 valence electrons. The molecule has 9 nitrogen and oxygen atoms in total. The molecular formula is C22H22N6O3S. The molecule has 2 heterocycles. The summed E-state index contributed by atoms with van der Waals surface area (Å²) in [7, 11) is 1.79. The van der Waals surface area contributed by atoms with E-state index >= 15 is 0 Å². The number of carbonyl (C=O) groups is 1. The molecule has 0 spiro atoms. The van der Waals surface area contributed by atoms with Crippen LogP contribution in [0.1, 0.15) is 12.5 Å². The van der Waals surface area contributed by atoms with Crippen molar-refractivity contribution in [2.75, 3.05) is 17.7 Å². The maximum atomic E-state index is 12.4. The van der Waals surface area contributed by atoms with Gasteiger partial charge in [0.15, 0.2) is 5.16 Å². The van der Waals surface area contributed by atoms with E-state index in [9.17, 15) is 4.79 Å². The molecule has 32 heavy (non-hydrogen) atoms. The molecule has 0 saturated heterocycles. The van der Waals surface area contributed by atoms with Crippen LogP contribution in [0.5, 0.6) is 5.75 Å². The predicted octanol–water partition coefficient (Wildman–Crippen LogP) is 3.97. The topological polar surface area (TPSA) is 108 Å². The number of aryl methyl sites for hydroxylation is 1. The summed E-state index contributed by atoms with van der Waals surface area (Å²) in [6, 6.07) is 15.2. The highest BCUT2D eigenvalue weighted by atomic mass is 32.2. The third-order valence-electron chi connectivity index (χ3n) is 4.56. The molecule has 0 aliphatic carbocycles. The Morgan fingerprint density at radius 1 is 1.16 bits per heavy atom. The van der Waals surface area contributed by atoms with Gasteiger partial charge in [-0.1, -0.05) is 58.9 Å². The second kappa shape index (κ2) is 9.65. The summed E-state index contributed by atoms with van der Waals surface area (Å²) in [5.41, 5.74) is 2.64. The van der Waals surface area contributed by atoms with Crippen molar-refractivity contribution in [1.29, 1.82) is 0 Å². The third-order valence-corrected chi connectivity index (χ3v) is 5.58. The average Bonchev–Trinajstić information content (AvgIpc) is 3.41. The van der Waals surface area contributed by atoms with Crippen LogP contribution >= 0.6 is 11.8 Å². The number of hydrogen-bond donors (Lipinski definition) is 1. The molecule has 0 atom stereocenters. The number of thioether (sulfide) groups is 1. The van der Waals surface area contributed by atoms with Crippen LogP contribution in [0.15, 0.2) is 58.2 Å². The fraction of sp³-hybridized carbons (Fsp3) is 0.227. The van der Waals surface area contributed by atoms with Crippen LogP contribution in [-0.2, 0) is 11.8 Å². The first-order valence-corrected chi connectivity index (χ1v) is 11.0. The predicted molar refractivity (Wildman–Crippen MR) is 121 cm³/mol. The van der Waals surface area contributed by atoms with Crippen LogP contribution in [0.3, 0.4) is 0 Å².